The van der Waals surface area contributed by atoms with E-state index in [4.69, 9.17) is 4.74 Å². The molecule has 1 heterocycles. The average molecular weight is 228 g/mol. The molecule has 1 aliphatic carbocycles. The summed E-state index contributed by atoms with van der Waals surface area (Å²) in [5.41, 5.74) is 0. The van der Waals surface area contributed by atoms with Gasteiger partial charge in [0.1, 0.15) is 0 Å². The van der Waals surface area contributed by atoms with Gasteiger partial charge in [0.2, 0.25) is 0 Å². The molecule has 4 heteroatoms. The molecule has 94 valence electrons. The van der Waals surface area contributed by atoms with Crippen molar-refractivity contribution in [1.82, 2.24) is 10.2 Å². The summed E-state index contributed by atoms with van der Waals surface area (Å²) in [6, 6.07) is 0.569. The lowest BCUT2D eigenvalue weighted by atomic mass is 10.2. The van der Waals surface area contributed by atoms with Crippen molar-refractivity contribution in [3.8, 4) is 0 Å². The van der Waals surface area contributed by atoms with Crippen LogP contribution >= 0.6 is 0 Å². The Morgan fingerprint density at radius 3 is 2.69 bits per heavy atom. The van der Waals surface area contributed by atoms with Crippen LogP contribution in [0.3, 0.4) is 0 Å². The summed E-state index contributed by atoms with van der Waals surface area (Å²) in [5.74, 6) is 0.857. The summed E-state index contributed by atoms with van der Waals surface area (Å²) in [6.45, 7) is 7.23. The Bertz CT molecular complexity index is 203. The Hall–Kier alpha value is -0.160. The van der Waals surface area contributed by atoms with Crippen molar-refractivity contribution in [3.63, 3.8) is 0 Å². The van der Waals surface area contributed by atoms with Crippen LogP contribution in [0.4, 0.5) is 0 Å². The molecule has 4 nitrogen and oxygen atoms in total. The molecule has 2 N–H and O–H groups in total. The van der Waals surface area contributed by atoms with E-state index in [1.807, 2.05) is 0 Å². The molecular formula is C12H24N2O2. The molecule has 0 aromatic carbocycles. The van der Waals surface area contributed by atoms with Crippen molar-refractivity contribution in [2.24, 2.45) is 5.92 Å². The molecule has 16 heavy (non-hydrogen) atoms. The third kappa shape index (κ3) is 4.01. The number of hydrogen-bond donors (Lipinski definition) is 2. The highest BCUT2D eigenvalue weighted by molar-refractivity contribution is 4.84. The number of aliphatic hydroxyl groups excluding tert-OH is 1. The number of β-amino-alcohol motifs (C(OH)–C–C–N with tert-alkyl or cyclic N) is 1. The van der Waals surface area contributed by atoms with Gasteiger partial charge >= 0.3 is 0 Å². The van der Waals surface area contributed by atoms with Crippen molar-refractivity contribution >= 4 is 0 Å². The average Bonchev–Trinajstić information content (AvgIpc) is 3.11. The molecule has 1 aliphatic heterocycles. The molecule has 0 spiro atoms. The first-order valence-corrected chi connectivity index (χ1v) is 6.47. The van der Waals surface area contributed by atoms with Gasteiger partial charge in [-0.25, -0.2) is 0 Å². The molecule has 0 bridgehead atoms. The van der Waals surface area contributed by atoms with E-state index in [0.717, 1.165) is 45.3 Å². The van der Waals surface area contributed by atoms with Crippen LogP contribution in [0.5, 0.6) is 0 Å². The summed E-state index contributed by atoms with van der Waals surface area (Å²) < 4.78 is 5.28. The second-order valence-corrected chi connectivity index (χ2v) is 5.10. The topological polar surface area (TPSA) is 44.7 Å². The van der Waals surface area contributed by atoms with Gasteiger partial charge in [-0.3, -0.25) is 4.90 Å². The molecular weight excluding hydrogens is 204 g/mol. The van der Waals surface area contributed by atoms with Crippen molar-refractivity contribution in [2.45, 2.75) is 31.9 Å². The standard InChI is InChI=1S/C12H24N2O2/c1-10(11-2-3-11)13-8-12(15)9-14-4-6-16-7-5-14/h10-13,15H,2-9H2,1H3. The Morgan fingerprint density at radius 2 is 2.06 bits per heavy atom. The zero-order valence-electron chi connectivity index (χ0n) is 10.2. The van der Waals surface area contributed by atoms with Gasteiger partial charge in [0.05, 0.1) is 19.3 Å². The van der Waals surface area contributed by atoms with Crippen LogP contribution in [0.1, 0.15) is 19.8 Å². The molecule has 1 saturated heterocycles. The monoisotopic (exact) mass is 228 g/mol. The zero-order valence-corrected chi connectivity index (χ0v) is 10.2. The Kier molecular flexibility index (Phi) is 4.58. The maximum absolute atomic E-state index is 9.91. The summed E-state index contributed by atoms with van der Waals surface area (Å²) in [6.07, 6.45) is 2.46. The number of hydrogen-bond acceptors (Lipinski definition) is 4. The Morgan fingerprint density at radius 1 is 1.38 bits per heavy atom. The number of nitrogens with one attached hydrogen (secondary N) is 1. The van der Waals surface area contributed by atoms with Crippen LogP contribution in [0.25, 0.3) is 0 Å². The maximum Gasteiger partial charge on any atom is 0.0791 e. The molecule has 2 aliphatic rings. The van der Waals surface area contributed by atoms with E-state index in [2.05, 4.69) is 17.1 Å². The van der Waals surface area contributed by atoms with Gasteiger partial charge in [0.25, 0.3) is 0 Å². The van der Waals surface area contributed by atoms with Crippen molar-refractivity contribution < 1.29 is 9.84 Å². The predicted octanol–water partition coefficient (Wildman–Crippen LogP) is 0.0676. The number of rotatable bonds is 6. The molecule has 0 amide bonds. The molecule has 0 radical (unpaired) electrons. The molecule has 0 aromatic heterocycles. The number of nitrogens with zero attached hydrogens (tertiary/aromatic N) is 1. The minimum Gasteiger partial charge on any atom is -0.390 e. The Balaban J connectivity index is 1.57. The third-order valence-electron chi connectivity index (χ3n) is 3.58. The van der Waals surface area contributed by atoms with Gasteiger partial charge in [0.15, 0.2) is 0 Å². The van der Waals surface area contributed by atoms with Gasteiger partial charge in [-0.2, -0.15) is 0 Å². The summed E-state index contributed by atoms with van der Waals surface area (Å²) in [5, 5.41) is 13.3. The largest absolute Gasteiger partial charge is 0.390 e. The highest BCUT2D eigenvalue weighted by Gasteiger charge is 2.27. The van der Waals surface area contributed by atoms with Crippen molar-refractivity contribution in [2.75, 3.05) is 39.4 Å². The predicted molar refractivity (Wildman–Crippen MR) is 63.5 cm³/mol. The fourth-order valence-electron chi connectivity index (χ4n) is 2.23. The van der Waals surface area contributed by atoms with Gasteiger partial charge in [-0.05, 0) is 25.7 Å². The highest BCUT2D eigenvalue weighted by atomic mass is 16.5. The minimum absolute atomic E-state index is 0.251. The van der Waals surface area contributed by atoms with Crippen molar-refractivity contribution in [3.05, 3.63) is 0 Å². The van der Waals surface area contributed by atoms with Crippen molar-refractivity contribution in [1.29, 1.82) is 0 Å². The van der Waals surface area contributed by atoms with Crippen LogP contribution < -0.4 is 5.32 Å². The third-order valence-corrected chi connectivity index (χ3v) is 3.58. The molecule has 2 unspecified atom stereocenters. The van der Waals surface area contributed by atoms with Crippen LogP contribution in [-0.2, 0) is 4.74 Å². The fourth-order valence-corrected chi connectivity index (χ4v) is 2.23. The van der Waals surface area contributed by atoms with E-state index in [0.29, 0.717) is 6.04 Å². The lowest BCUT2D eigenvalue weighted by Gasteiger charge is -2.29. The maximum atomic E-state index is 9.91. The normalized spacial score (nSPS) is 26.6. The van der Waals surface area contributed by atoms with E-state index in [1.165, 1.54) is 12.8 Å². The van der Waals surface area contributed by atoms with E-state index >= 15 is 0 Å². The molecule has 2 fully saturated rings. The van der Waals surface area contributed by atoms with E-state index in [9.17, 15) is 5.11 Å². The second kappa shape index (κ2) is 5.96. The SMILES string of the molecule is CC(NCC(O)CN1CCOCC1)C1CC1. The lowest BCUT2D eigenvalue weighted by molar-refractivity contribution is 0.0144. The summed E-state index contributed by atoms with van der Waals surface area (Å²) in [7, 11) is 0. The van der Waals surface area contributed by atoms with Crippen LogP contribution in [0.2, 0.25) is 0 Å². The van der Waals surface area contributed by atoms with Gasteiger partial charge in [0, 0.05) is 32.2 Å². The zero-order chi connectivity index (χ0) is 11.4. The van der Waals surface area contributed by atoms with Gasteiger partial charge in [-0.15, -0.1) is 0 Å². The first-order valence-electron chi connectivity index (χ1n) is 6.47. The summed E-state index contributed by atoms with van der Waals surface area (Å²) in [4.78, 5) is 2.28. The Labute approximate surface area is 98.0 Å². The van der Waals surface area contributed by atoms with Crippen LogP contribution in [0, 0.1) is 5.92 Å². The van der Waals surface area contributed by atoms with Gasteiger partial charge < -0.3 is 15.2 Å². The number of aliphatic hydroxyl groups is 1. The van der Waals surface area contributed by atoms with E-state index in [1.54, 1.807) is 0 Å². The first kappa shape index (κ1) is 12.3. The molecule has 2 rings (SSSR count). The van der Waals surface area contributed by atoms with E-state index in [-0.39, 0.29) is 6.10 Å². The number of ether oxygens (including phenoxy) is 1. The first-order chi connectivity index (χ1) is 7.75. The smallest absolute Gasteiger partial charge is 0.0791 e. The fraction of sp³-hybridized carbons (Fsp3) is 1.00. The van der Waals surface area contributed by atoms with Crippen LogP contribution in [0.15, 0.2) is 0 Å². The quantitative estimate of drug-likeness (QED) is 0.675. The minimum atomic E-state index is -0.251. The van der Waals surface area contributed by atoms with Crippen LogP contribution in [-0.4, -0.2) is 61.5 Å². The highest BCUT2D eigenvalue weighted by Crippen LogP contribution is 2.32. The molecule has 0 aromatic rings. The molecule has 1 saturated carbocycles. The lowest BCUT2D eigenvalue weighted by Crippen LogP contribution is -2.45. The van der Waals surface area contributed by atoms with E-state index < -0.39 is 0 Å². The second-order valence-electron chi connectivity index (χ2n) is 5.10. The number of morpholine rings is 1. The molecule has 2 atom stereocenters. The van der Waals surface area contributed by atoms with Gasteiger partial charge in [-0.1, -0.05) is 0 Å². The summed E-state index contributed by atoms with van der Waals surface area (Å²) >= 11 is 0.